The first-order chi connectivity index (χ1) is 9.31. The molecule has 0 fully saturated rings. The summed E-state index contributed by atoms with van der Waals surface area (Å²) in [5.74, 6) is 0.636. The summed E-state index contributed by atoms with van der Waals surface area (Å²) in [5.41, 5.74) is 0.707. The summed E-state index contributed by atoms with van der Waals surface area (Å²) in [7, 11) is 0. The SMILES string of the molecule is CCOCCN(CCOCC)c1ncc(CO)cn1. The molecule has 6 nitrogen and oxygen atoms in total. The average Bonchev–Trinajstić information content (AvgIpc) is 2.46. The van der Waals surface area contributed by atoms with Crippen molar-refractivity contribution in [2.24, 2.45) is 0 Å². The number of ether oxygens (including phenoxy) is 2. The molecule has 0 radical (unpaired) electrons. The van der Waals surface area contributed by atoms with Crippen molar-refractivity contribution >= 4 is 5.95 Å². The van der Waals surface area contributed by atoms with E-state index in [4.69, 9.17) is 14.6 Å². The van der Waals surface area contributed by atoms with Crippen molar-refractivity contribution in [1.29, 1.82) is 0 Å². The Labute approximate surface area is 114 Å². The van der Waals surface area contributed by atoms with Crippen LogP contribution >= 0.6 is 0 Å². The van der Waals surface area contributed by atoms with E-state index in [2.05, 4.69) is 9.97 Å². The first-order valence-corrected chi connectivity index (χ1v) is 6.64. The van der Waals surface area contributed by atoms with Crippen LogP contribution in [0.4, 0.5) is 5.95 Å². The second-order valence-electron chi connectivity index (χ2n) is 3.93. The highest BCUT2D eigenvalue weighted by Crippen LogP contribution is 2.07. The smallest absolute Gasteiger partial charge is 0.225 e. The number of aromatic nitrogens is 2. The lowest BCUT2D eigenvalue weighted by Crippen LogP contribution is -2.32. The van der Waals surface area contributed by atoms with E-state index in [0.29, 0.717) is 37.9 Å². The van der Waals surface area contributed by atoms with Crippen LogP contribution in [0.5, 0.6) is 0 Å². The molecule has 19 heavy (non-hydrogen) atoms. The number of hydrogen-bond acceptors (Lipinski definition) is 6. The molecule has 0 saturated heterocycles. The highest BCUT2D eigenvalue weighted by Gasteiger charge is 2.09. The molecule has 1 heterocycles. The lowest BCUT2D eigenvalue weighted by molar-refractivity contribution is 0.141. The molecule has 1 rings (SSSR count). The first-order valence-electron chi connectivity index (χ1n) is 6.64. The van der Waals surface area contributed by atoms with Gasteiger partial charge in [-0.2, -0.15) is 0 Å². The summed E-state index contributed by atoms with van der Waals surface area (Å²) in [6.07, 6.45) is 3.27. The van der Waals surface area contributed by atoms with E-state index in [1.165, 1.54) is 0 Å². The molecule has 6 heteroatoms. The minimum Gasteiger partial charge on any atom is -0.392 e. The van der Waals surface area contributed by atoms with Gasteiger partial charge in [0.25, 0.3) is 0 Å². The van der Waals surface area contributed by atoms with Crippen LogP contribution in [-0.4, -0.2) is 54.6 Å². The summed E-state index contributed by atoms with van der Waals surface area (Å²) >= 11 is 0. The van der Waals surface area contributed by atoms with E-state index in [1.807, 2.05) is 18.7 Å². The minimum atomic E-state index is -0.0435. The molecule has 0 amide bonds. The van der Waals surface area contributed by atoms with Gasteiger partial charge in [-0.05, 0) is 13.8 Å². The third-order valence-corrected chi connectivity index (χ3v) is 2.58. The van der Waals surface area contributed by atoms with Crippen molar-refractivity contribution in [3.8, 4) is 0 Å². The predicted molar refractivity (Wildman–Crippen MR) is 73.2 cm³/mol. The van der Waals surface area contributed by atoms with Crippen LogP contribution in [0.25, 0.3) is 0 Å². The maximum Gasteiger partial charge on any atom is 0.225 e. The maximum absolute atomic E-state index is 8.98. The molecule has 1 aromatic heterocycles. The zero-order valence-corrected chi connectivity index (χ0v) is 11.7. The van der Waals surface area contributed by atoms with Gasteiger partial charge < -0.3 is 19.5 Å². The average molecular weight is 269 g/mol. The molecule has 0 aliphatic heterocycles. The quantitative estimate of drug-likeness (QED) is 0.635. The fourth-order valence-corrected chi connectivity index (χ4v) is 1.54. The van der Waals surface area contributed by atoms with E-state index in [1.54, 1.807) is 12.4 Å². The molecule has 0 aliphatic carbocycles. The van der Waals surface area contributed by atoms with E-state index in [0.717, 1.165) is 13.1 Å². The van der Waals surface area contributed by atoms with Gasteiger partial charge in [0.1, 0.15) is 0 Å². The fourth-order valence-electron chi connectivity index (χ4n) is 1.54. The third-order valence-electron chi connectivity index (χ3n) is 2.58. The van der Waals surface area contributed by atoms with Gasteiger partial charge in [0.2, 0.25) is 5.95 Å². The van der Waals surface area contributed by atoms with Crippen LogP contribution in [0.15, 0.2) is 12.4 Å². The Morgan fingerprint density at radius 1 is 1.05 bits per heavy atom. The largest absolute Gasteiger partial charge is 0.392 e. The van der Waals surface area contributed by atoms with Crippen molar-refractivity contribution in [3.05, 3.63) is 18.0 Å². The summed E-state index contributed by atoms with van der Waals surface area (Å²) in [5, 5.41) is 8.98. The van der Waals surface area contributed by atoms with Gasteiger partial charge in [0, 0.05) is 44.3 Å². The molecule has 0 bridgehead atoms. The topological polar surface area (TPSA) is 67.7 Å². The summed E-state index contributed by atoms with van der Waals surface area (Å²) < 4.78 is 10.7. The molecule has 0 aromatic carbocycles. The highest BCUT2D eigenvalue weighted by molar-refractivity contribution is 5.29. The molecule has 1 aromatic rings. The summed E-state index contributed by atoms with van der Waals surface area (Å²) in [4.78, 5) is 10.5. The minimum absolute atomic E-state index is 0.0435. The Morgan fingerprint density at radius 2 is 1.58 bits per heavy atom. The molecule has 0 unspecified atom stereocenters. The first kappa shape index (κ1) is 15.8. The molecule has 0 saturated carbocycles. The molecular weight excluding hydrogens is 246 g/mol. The zero-order valence-electron chi connectivity index (χ0n) is 11.7. The fraction of sp³-hybridized carbons (Fsp3) is 0.692. The Balaban J connectivity index is 2.58. The zero-order chi connectivity index (χ0) is 13.9. The summed E-state index contributed by atoms with van der Waals surface area (Å²) in [6.45, 7) is 8.00. The molecule has 1 N–H and O–H groups in total. The van der Waals surface area contributed by atoms with Gasteiger partial charge >= 0.3 is 0 Å². The number of aliphatic hydroxyl groups excluding tert-OH is 1. The maximum atomic E-state index is 8.98. The van der Waals surface area contributed by atoms with Crippen LogP contribution in [0.1, 0.15) is 19.4 Å². The van der Waals surface area contributed by atoms with Gasteiger partial charge in [0.05, 0.1) is 19.8 Å². The Hall–Kier alpha value is -1.24. The van der Waals surface area contributed by atoms with E-state index in [9.17, 15) is 0 Å². The Kier molecular flexibility index (Phi) is 8.04. The monoisotopic (exact) mass is 269 g/mol. The number of aliphatic hydroxyl groups is 1. The Morgan fingerprint density at radius 3 is 2.00 bits per heavy atom. The van der Waals surface area contributed by atoms with Crippen molar-refractivity contribution in [1.82, 2.24) is 9.97 Å². The van der Waals surface area contributed by atoms with Crippen LogP contribution < -0.4 is 4.90 Å². The van der Waals surface area contributed by atoms with Gasteiger partial charge in [0.15, 0.2) is 0 Å². The van der Waals surface area contributed by atoms with Crippen LogP contribution in [0.3, 0.4) is 0 Å². The number of hydrogen-bond donors (Lipinski definition) is 1. The van der Waals surface area contributed by atoms with Crippen LogP contribution in [-0.2, 0) is 16.1 Å². The Bertz CT molecular complexity index is 322. The molecular formula is C13H23N3O3. The standard InChI is InChI=1S/C13H23N3O3/c1-3-18-7-5-16(6-8-19-4-2)13-14-9-12(11-17)10-15-13/h9-10,17H,3-8,11H2,1-2H3. The predicted octanol–water partition coefficient (Wildman–Crippen LogP) is 0.848. The van der Waals surface area contributed by atoms with Crippen LogP contribution in [0, 0.1) is 0 Å². The van der Waals surface area contributed by atoms with Crippen molar-refractivity contribution in [3.63, 3.8) is 0 Å². The van der Waals surface area contributed by atoms with E-state index in [-0.39, 0.29) is 6.61 Å². The highest BCUT2D eigenvalue weighted by atomic mass is 16.5. The molecule has 0 atom stereocenters. The second-order valence-corrected chi connectivity index (χ2v) is 3.93. The van der Waals surface area contributed by atoms with Crippen molar-refractivity contribution in [2.45, 2.75) is 20.5 Å². The summed E-state index contributed by atoms with van der Waals surface area (Å²) in [6, 6.07) is 0. The lowest BCUT2D eigenvalue weighted by atomic mass is 10.4. The van der Waals surface area contributed by atoms with Crippen molar-refractivity contribution in [2.75, 3.05) is 44.4 Å². The second kappa shape index (κ2) is 9.66. The molecule has 0 spiro atoms. The number of nitrogens with zero attached hydrogens (tertiary/aromatic N) is 3. The van der Waals surface area contributed by atoms with Gasteiger partial charge in [-0.25, -0.2) is 9.97 Å². The molecule has 0 aliphatic rings. The van der Waals surface area contributed by atoms with Crippen LogP contribution in [0.2, 0.25) is 0 Å². The van der Waals surface area contributed by atoms with E-state index < -0.39 is 0 Å². The van der Waals surface area contributed by atoms with Gasteiger partial charge in [-0.3, -0.25) is 0 Å². The number of rotatable bonds is 10. The lowest BCUT2D eigenvalue weighted by Gasteiger charge is -2.22. The third kappa shape index (κ3) is 5.96. The normalized spacial score (nSPS) is 10.7. The number of anilines is 1. The van der Waals surface area contributed by atoms with Gasteiger partial charge in [-0.1, -0.05) is 0 Å². The van der Waals surface area contributed by atoms with Gasteiger partial charge in [-0.15, -0.1) is 0 Å². The van der Waals surface area contributed by atoms with Crippen molar-refractivity contribution < 1.29 is 14.6 Å². The van der Waals surface area contributed by atoms with E-state index >= 15 is 0 Å². The molecule has 108 valence electrons.